The fourth-order valence-electron chi connectivity index (χ4n) is 1.43. The van der Waals surface area contributed by atoms with Crippen molar-refractivity contribution in [2.75, 3.05) is 16.8 Å². The van der Waals surface area contributed by atoms with E-state index in [4.69, 9.17) is 0 Å². The van der Waals surface area contributed by atoms with Crippen LogP contribution < -0.4 is 5.32 Å². The van der Waals surface area contributed by atoms with E-state index in [1.165, 1.54) is 25.1 Å². The third-order valence-corrected chi connectivity index (χ3v) is 4.80. The summed E-state index contributed by atoms with van der Waals surface area (Å²) in [5.41, 5.74) is -3.96. The highest BCUT2D eigenvalue weighted by atomic mass is 32.2. The van der Waals surface area contributed by atoms with Crippen molar-refractivity contribution < 1.29 is 26.4 Å². The van der Waals surface area contributed by atoms with E-state index >= 15 is 0 Å². The van der Waals surface area contributed by atoms with Crippen molar-refractivity contribution in [2.45, 2.75) is 24.3 Å². The van der Waals surface area contributed by atoms with Gasteiger partial charge >= 0.3 is 5.51 Å². The lowest BCUT2D eigenvalue weighted by Gasteiger charge is -2.13. The van der Waals surface area contributed by atoms with Gasteiger partial charge in [0.2, 0.25) is 5.91 Å². The number of hydrogen-bond donors (Lipinski definition) is 1. The topological polar surface area (TPSA) is 63.2 Å². The summed E-state index contributed by atoms with van der Waals surface area (Å²) in [5, 5.41) is 2.21. The third kappa shape index (κ3) is 6.38. The molecule has 0 fully saturated rings. The quantitative estimate of drug-likeness (QED) is 0.837. The predicted octanol–water partition coefficient (Wildman–Crippen LogP) is 2.98. The minimum Gasteiger partial charge on any atom is -0.324 e. The van der Waals surface area contributed by atoms with E-state index in [2.05, 4.69) is 5.32 Å². The van der Waals surface area contributed by atoms with Gasteiger partial charge in [-0.25, -0.2) is 8.42 Å². The Balaban J connectivity index is 2.95. The average molecular weight is 341 g/mol. The molecule has 4 nitrogen and oxygen atoms in total. The summed E-state index contributed by atoms with van der Waals surface area (Å²) in [6.07, 6.45) is 0. The lowest BCUT2D eigenvalue weighted by molar-refractivity contribution is -0.113. The monoisotopic (exact) mass is 341 g/mol. The fourth-order valence-corrected chi connectivity index (χ4v) is 2.83. The zero-order valence-electron chi connectivity index (χ0n) is 11.3. The maximum Gasteiger partial charge on any atom is 0.446 e. The second-order valence-corrected chi connectivity index (χ2v) is 7.73. The van der Waals surface area contributed by atoms with Gasteiger partial charge in [0.15, 0.2) is 9.84 Å². The van der Waals surface area contributed by atoms with Crippen LogP contribution in [0.1, 0.15) is 12.5 Å². The van der Waals surface area contributed by atoms with Crippen LogP contribution in [-0.4, -0.2) is 31.3 Å². The van der Waals surface area contributed by atoms with Crippen molar-refractivity contribution in [3.8, 4) is 0 Å². The first kappa shape index (κ1) is 17.8. The first-order valence-corrected chi connectivity index (χ1v) is 8.53. The lowest BCUT2D eigenvalue weighted by Crippen LogP contribution is -2.24. The van der Waals surface area contributed by atoms with Gasteiger partial charge < -0.3 is 5.32 Å². The van der Waals surface area contributed by atoms with E-state index in [-0.39, 0.29) is 28.1 Å². The first-order chi connectivity index (χ1) is 9.52. The van der Waals surface area contributed by atoms with Gasteiger partial charge in [0.05, 0.1) is 5.69 Å². The van der Waals surface area contributed by atoms with E-state index < -0.39 is 27.0 Å². The zero-order chi connectivity index (χ0) is 16.3. The highest BCUT2D eigenvalue weighted by Gasteiger charge is 2.31. The molecule has 0 saturated carbocycles. The van der Waals surface area contributed by atoms with Gasteiger partial charge in [-0.3, -0.25) is 4.79 Å². The molecule has 9 heteroatoms. The summed E-state index contributed by atoms with van der Waals surface area (Å²) in [5.74, 6) is -1.82. The molecule has 0 aliphatic carbocycles. The number of sulfone groups is 1. The molecule has 0 aromatic heterocycles. The van der Waals surface area contributed by atoms with Crippen LogP contribution in [0.15, 0.2) is 23.1 Å². The van der Waals surface area contributed by atoms with Crippen LogP contribution in [0.25, 0.3) is 0 Å². The standard InChI is InChI=1S/C12H14F3NO3S2/c1-3-21(18,19)7-11(17)16-9-5-4-8(2)6-10(9)20-12(13,14)15/h4-6H,3,7H2,1-2H3,(H,16,17). The Morgan fingerprint density at radius 1 is 1.33 bits per heavy atom. The van der Waals surface area contributed by atoms with Crippen molar-refractivity contribution in [3.05, 3.63) is 23.8 Å². The van der Waals surface area contributed by atoms with Crippen LogP contribution in [0.5, 0.6) is 0 Å². The van der Waals surface area contributed by atoms with Gasteiger partial charge in [0.1, 0.15) is 5.75 Å². The van der Waals surface area contributed by atoms with Gasteiger partial charge in [0, 0.05) is 10.6 Å². The molecule has 0 radical (unpaired) electrons. The zero-order valence-corrected chi connectivity index (χ0v) is 13.0. The van der Waals surface area contributed by atoms with Crippen LogP contribution in [0.3, 0.4) is 0 Å². The van der Waals surface area contributed by atoms with E-state index in [0.29, 0.717) is 5.56 Å². The van der Waals surface area contributed by atoms with E-state index in [1.54, 1.807) is 6.92 Å². The Labute approximate surface area is 125 Å². The average Bonchev–Trinajstić information content (AvgIpc) is 2.30. The maximum atomic E-state index is 12.5. The number of halogens is 3. The molecule has 0 spiro atoms. The minimum absolute atomic E-state index is 0.0563. The summed E-state index contributed by atoms with van der Waals surface area (Å²) in [7, 11) is -3.54. The van der Waals surface area contributed by atoms with Crippen LogP contribution in [0.4, 0.5) is 18.9 Å². The number of nitrogens with one attached hydrogen (secondary N) is 1. The molecule has 0 unspecified atom stereocenters. The smallest absolute Gasteiger partial charge is 0.324 e. The highest BCUT2D eigenvalue weighted by Crippen LogP contribution is 2.40. The summed E-state index contributed by atoms with van der Waals surface area (Å²) in [4.78, 5) is 11.4. The molecule has 1 aromatic rings. The van der Waals surface area contributed by atoms with Crippen molar-refractivity contribution >= 4 is 33.2 Å². The largest absolute Gasteiger partial charge is 0.446 e. The van der Waals surface area contributed by atoms with Crippen molar-refractivity contribution in [1.29, 1.82) is 0 Å². The van der Waals surface area contributed by atoms with Gasteiger partial charge in [-0.15, -0.1) is 0 Å². The Morgan fingerprint density at radius 3 is 2.48 bits per heavy atom. The molecular formula is C12H14F3NO3S2. The molecule has 0 bridgehead atoms. The number of anilines is 1. The number of aryl methyl sites for hydroxylation is 1. The van der Waals surface area contributed by atoms with Gasteiger partial charge in [-0.1, -0.05) is 13.0 Å². The van der Waals surface area contributed by atoms with Crippen molar-refractivity contribution in [1.82, 2.24) is 0 Å². The number of carbonyl (C=O) groups is 1. The van der Waals surface area contributed by atoms with Gasteiger partial charge in [-0.2, -0.15) is 13.2 Å². The maximum absolute atomic E-state index is 12.5. The highest BCUT2D eigenvalue weighted by molar-refractivity contribution is 8.00. The lowest BCUT2D eigenvalue weighted by atomic mass is 10.2. The summed E-state index contributed by atoms with van der Waals surface area (Å²) in [6, 6.07) is 4.13. The number of hydrogen-bond acceptors (Lipinski definition) is 4. The van der Waals surface area contributed by atoms with E-state index in [0.717, 1.165) is 0 Å². The summed E-state index contributed by atoms with van der Waals surface area (Å²) >= 11 is -0.357. The normalized spacial score (nSPS) is 12.2. The number of benzene rings is 1. The Kier molecular flexibility index (Phi) is 5.68. The Hall–Kier alpha value is -1.22. The second-order valence-electron chi connectivity index (χ2n) is 4.27. The van der Waals surface area contributed by atoms with Crippen LogP contribution in [0, 0.1) is 6.92 Å². The molecular weight excluding hydrogens is 327 g/mol. The van der Waals surface area contributed by atoms with Gasteiger partial charge in [-0.05, 0) is 36.4 Å². The predicted molar refractivity (Wildman–Crippen MR) is 76.0 cm³/mol. The Bertz CT molecular complexity index is 627. The minimum atomic E-state index is -4.50. The van der Waals surface area contributed by atoms with Crippen molar-refractivity contribution in [2.24, 2.45) is 0 Å². The molecule has 1 aromatic carbocycles. The molecule has 1 rings (SSSR count). The number of amides is 1. The van der Waals surface area contributed by atoms with Crippen LogP contribution in [0.2, 0.25) is 0 Å². The second kappa shape index (κ2) is 6.69. The molecule has 1 N–H and O–H groups in total. The molecule has 0 aliphatic heterocycles. The molecule has 1 amide bonds. The molecule has 118 valence electrons. The molecule has 21 heavy (non-hydrogen) atoms. The van der Waals surface area contributed by atoms with Crippen LogP contribution >= 0.6 is 11.8 Å². The first-order valence-electron chi connectivity index (χ1n) is 5.89. The SMILES string of the molecule is CCS(=O)(=O)CC(=O)Nc1ccc(C)cc1SC(F)(F)F. The summed E-state index contributed by atoms with van der Waals surface area (Å²) in [6.45, 7) is 3.01. The van der Waals surface area contributed by atoms with E-state index in [9.17, 15) is 26.4 Å². The number of rotatable bonds is 5. The molecule has 0 aliphatic rings. The number of alkyl halides is 3. The number of thioether (sulfide) groups is 1. The molecule has 0 heterocycles. The van der Waals surface area contributed by atoms with Gasteiger partial charge in [0.25, 0.3) is 0 Å². The Morgan fingerprint density at radius 2 is 1.95 bits per heavy atom. The van der Waals surface area contributed by atoms with E-state index in [1.807, 2.05) is 0 Å². The van der Waals surface area contributed by atoms with Crippen LogP contribution in [-0.2, 0) is 14.6 Å². The fraction of sp³-hybridized carbons (Fsp3) is 0.417. The van der Waals surface area contributed by atoms with Crippen molar-refractivity contribution in [3.63, 3.8) is 0 Å². The third-order valence-electron chi connectivity index (χ3n) is 2.43. The number of carbonyl (C=O) groups excluding carboxylic acids is 1. The molecule has 0 saturated heterocycles. The molecule has 0 atom stereocenters. The summed E-state index contributed by atoms with van der Waals surface area (Å²) < 4.78 is 60.1.